The van der Waals surface area contributed by atoms with Gasteiger partial charge in [-0.25, -0.2) is 0 Å². The van der Waals surface area contributed by atoms with E-state index < -0.39 is 4.92 Å². The Kier molecular flexibility index (Phi) is 5.72. The molecule has 27 heavy (non-hydrogen) atoms. The summed E-state index contributed by atoms with van der Waals surface area (Å²) in [5.41, 5.74) is 1.89. The highest BCUT2D eigenvalue weighted by Gasteiger charge is 2.14. The molecule has 0 spiro atoms. The molecule has 0 radical (unpaired) electrons. The van der Waals surface area contributed by atoms with Gasteiger partial charge in [0.2, 0.25) is 11.8 Å². The Bertz CT molecular complexity index is 1010. The second-order valence-electron chi connectivity index (χ2n) is 5.48. The lowest BCUT2D eigenvalue weighted by Crippen LogP contribution is -2.14. The van der Waals surface area contributed by atoms with E-state index >= 15 is 0 Å². The number of non-ortho nitro benzene ring substituents is 1. The lowest BCUT2D eigenvalue weighted by molar-refractivity contribution is -0.384. The van der Waals surface area contributed by atoms with Crippen molar-refractivity contribution in [2.75, 3.05) is 11.1 Å². The molecule has 3 rings (SSSR count). The second-order valence-corrected chi connectivity index (χ2v) is 6.84. The molecule has 2 aromatic carbocycles. The zero-order valence-electron chi connectivity index (χ0n) is 14.0. The highest BCUT2D eigenvalue weighted by atomic mass is 35.5. The van der Waals surface area contributed by atoms with Crippen molar-refractivity contribution >= 4 is 40.6 Å². The molecule has 10 heteroatoms. The molecule has 0 aliphatic carbocycles. The molecule has 138 valence electrons. The van der Waals surface area contributed by atoms with Gasteiger partial charge in [0, 0.05) is 28.4 Å². The quantitative estimate of drug-likeness (QED) is 0.369. The van der Waals surface area contributed by atoms with Crippen LogP contribution in [0.2, 0.25) is 5.02 Å². The summed E-state index contributed by atoms with van der Waals surface area (Å²) in [6, 6.07) is 11.1. The predicted octanol–water partition coefficient (Wildman–Crippen LogP) is 4.34. The van der Waals surface area contributed by atoms with Gasteiger partial charge in [0.05, 0.1) is 10.7 Å². The minimum Gasteiger partial charge on any atom is -0.411 e. The van der Waals surface area contributed by atoms with Crippen LogP contribution in [0.5, 0.6) is 0 Å². The SMILES string of the molecule is Cc1cc(Cl)ccc1NC(=O)CSc1nnc(-c2cccc([N+](=O)[O-])c2)o1. The fourth-order valence-corrected chi connectivity index (χ4v) is 3.01. The molecule has 1 heterocycles. The first kappa shape index (κ1) is 18.9. The number of nitrogens with one attached hydrogen (secondary N) is 1. The largest absolute Gasteiger partial charge is 0.411 e. The lowest BCUT2D eigenvalue weighted by Gasteiger charge is -2.07. The number of nitrogens with zero attached hydrogens (tertiary/aromatic N) is 3. The van der Waals surface area contributed by atoms with E-state index in [1.165, 1.54) is 18.2 Å². The van der Waals surface area contributed by atoms with Gasteiger partial charge in [0.25, 0.3) is 10.9 Å². The number of nitro groups is 1. The van der Waals surface area contributed by atoms with Crippen LogP contribution in [0.3, 0.4) is 0 Å². The van der Waals surface area contributed by atoms with Crippen molar-refractivity contribution in [1.82, 2.24) is 10.2 Å². The summed E-state index contributed by atoms with van der Waals surface area (Å²) in [5, 5.41) is 22.1. The monoisotopic (exact) mass is 404 g/mol. The number of rotatable bonds is 6. The molecule has 1 amide bonds. The van der Waals surface area contributed by atoms with Crippen LogP contribution in [0.15, 0.2) is 52.1 Å². The topological polar surface area (TPSA) is 111 Å². The van der Waals surface area contributed by atoms with E-state index in [1.54, 1.807) is 24.3 Å². The van der Waals surface area contributed by atoms with Crippen molar-refractivity contribution < 1.29 is 14.1 Å². The maximum Gasteiger partial charge on any atom is 0.277 e. The third-order valence-electron chi connectivity index (χ3n) is 3.50. The smallest absolute Gasteiger partial charge is 0.277 e. The third-order valence-corrected chi connectivity index (χ3v) is 4.55. The van der Waals surface area contributed by atoms with E-state index in [9.17, 15) is 14.9 Å². The molecule has 0 saturated carbocycles. The highest BCUT2D eigenvalue weighted by molar-refractivity contribution is 7.99. The zero-order valence-corrected chi connectivity index (χ0v) is 15.6. The number of carbonyl (C=O) groups is 1. The number of carbonyl (C=O) groups excluding carboxylic acids is 1. The van der Waals surface area contributed by atoms with Gasteiger partial charge in [0.15, 0.2) is 0 Å². The van der Waals surface area contributed by atoms with Gasteiger partial charge in [-0.15, -0.1) is 10.2 Å². The minimum absolute atomic E-state index is 0.0681. The van der Waals surface area contributed by atoms with Crippen molar-refractivity contribution in [3.05, 3.63) is 63.2 Å². The lowest BCUT2D eigenvalue weighted by atomic mass is 10.2. The Morgan fingerprint density at radius 2 is 2.11 bits per heavy atom. The van der Waals surface area contributed by atoms with Gasteiger partial charge in [-0.1, -0.05) is 29.4 Å². The minimum atomic E-state index is -0.501. The summed E-state index contributed by atoms with van der Waals surface area (Å²) in [6.45, 7) is 1.85. The molecule has 8 nitrogen and oxygen atoms in total. The molecule has 0 unspecified atom stereocenters. The van der Waals surface area contributed by atoms with Crippen LogP contribution in [0.4, 0.5) is 11.4 Å². The van der Waals surface area contributed by atoms with Gasteiger partial charge >= 0.3 is 0 Å². The van der Waals surface area contributed by atoms with Gasteiger partial charge in [0.1, 0.15) is 0 Å². The Morgan fingerprint density at radius 3 is 2.85 bits per heavy atom. The predicted molar refractivity (Wildman–Crippen MR) is 102 cm³/mol. The van der Waals surface area contributed by atoms with E-state index in [4.69, 9.17) is 16.0 Å². The Labute approximate surface area is 163 Å². The Balaban J connectivity index is 1.62. The van der Waals surface area contributed by atoms with Crippen molar-refractivity contribution in [3.63, 3.8) is 0 Å². The number of halogens is 1. The number of benzene rings is 2. The van der Waals surface area contributed by atoms with Crippen molar-refractivity contribution in [1.29, 1.82) is 0 Å². The van der Waals surface area contributed by atoms with Crippen LogP contribution in [0.1, 0.15) is 5.56 Å². The van der Waals surface area contributed by atoms with Crippen LogP contribution >= 0.6 is 23.4 Å². The average Bonchev–Trinajstić information content (AvgIpc) is 3.11. The molecule has 0 bridgehead atoms. The number of anilines is 1. The number of hydrogen-bond donors (Lipinski definition) is 1. The average molecular weight is 405 g/mol. The summed E-state index contributed by atoms with van der Waals surface area (Å²) in [7, 11) is 0. The van der Waals surface area contributed by atoms with E-state index in [1.807, 2.05) is 6.92 Å². The van der Waals surface area contributed by atoms with E-state index in [0.29, 0.717) is 16.3 Å². The molecule has 3 aromatic rings. The Morgan fingerprint density at radius 1 is 1.30 bits per heavy atom. The van der Waals surface area contributed by atoms with Crippen molar-refractivity contribution in [2.45, 2.75) is 12.1 Å². The summed E-state index contributed by atoms with van der Waals surface area (Å²) < 4.78 is 5.47. The number of hydrogen-bond acceptors (Lipinski definition) is 7. The first-order valence-electron chi connectivity index (χ1n) is 7.69. The number of aryl methyl sites for hydroxylation is 1. The van der Waals surface area contributed by atoms with Gasteiger partial charge in [-0.2, -0.15) is 0 Å². The summed E-state index contributed by atoms with van der Waals surface area (Å²) in [5.74, 6) is -0.0192. The molecule has 1 N–H and O–H groups in total. The molecular weight excluding hydrogens is 392 g/mol. The van der Waals surface area contributed by atoms with Crippen LogP contribution in [-0.2, 0) is 4.79 Å². The van der Waals surface area contributed by atoms with Crippen molar-refractivity contribution in [3.8, 4) is 11.5 Å². The second kappa shape index (κ2) is 8.19. The van der Waals surface area contributed by atoms with Crippen LogP contribution in [0.25, 0.3) is 11.5 Å². The number of aromatic nitrogens is 2. The molecule has 0 saturated heterocycles. The number of amides is 1. The highest BCUT2D eigenvalue weighted by Crippen LogP contribution is 2.26. The summed E-state index contributed by atoms with van der Waals surface area (Å²) in [6.07, 6.45) is 0. The molecule has 0 aliphatic rings. The van der Waals surface area contributed by atoms with Gasteiger partial charge in [-0.05, 0) is 36.8 Å². The third kappa shape index (κ3) is 4.83. The molecular formula is C17H13ClN4O4S. The first-order valence-corrected chi connectivity index (χ1v) is 9.06. The van der Waals surface area contributed by atoms with E-state index in [0.717, 1.165) is 17.3 Å². The standard InChI is InChI=1S/C17H13ClN4O4S/c1-10-7-12(18)5-6-14(10)19-15(23)9-27-17-21-20-16(26-17)11-3-2-4-13(8-11)22(24)25/h2-8H,9H2,1H3,(H,19,23). The normalized spacial score (nSPS) is 10.6. The molecule has 1 aromatic heterocycles. The number of thioether (sulfide) groups is 1. The number of nitro benzene ring substituents is 1. The fourth-order valence-electron chi connectivity index (χ4n) is 2.22. The van der Waals surface area contributed by atoms with E-state index in [-0.39, 0.29) is 28.5 Å². The maximum absolute atomic E-state index is 12.1. The van der Waals surface area contributed by atoms with E-state index in [2.05, 4.69) is 15.5 Å². The van der Waals surface area contributed by atoms with Gasteiger partial charge < -0.3 is 9.73 Å². The Hall–Kier alpha value is -2.91. The maximum atomic E-state index is 12.1. The summed E-state index contributed by atoms with van der Waals surface area (Å²) >= 11 is 6.96. The van der Waals surface area contributed by atoms with Crippen LogP contribution in [0, 0.1) is 17.0 Å². The van der Waals surface area contributed by atoms with Crippen LogP contribution in [-0.4, -0.2) is 26.8 Å². The first-order chi connectivity index (χ1) is 12.9. The fraction of sp³-hybridized carbons (Fsp3) is 0.118. The molecule has 0 atom stereocenters. The van der Waals surface area contributed by atoms with Crippen molar-refractivity contribution in [2.24, 2.45) is 0 Å². The zero-order chi connectivity index (χ0) is 19.4. The summed E-state index contributed by atoms with van der Waals surface area (Å²) in [4.78, 5) is 22.4. The van der Waals surface area contributed by atoms with Crippen LogP contribution < -0.4 is 5.32 Å². The van der Waals surface area contributed by atoms with Gasteiger partial charge in [-0.3, -0.25) is 14.9 Å². The molecule has 0 fully saturated rings. The molecule has 0 aliphatic heterocycles.